The molecule has 2 aliphatic rings. The van der Waals surface area contributed by atoms with Crippen molar-refractivity contribution in [2.45, 2.75) is 0 Å². The summed E-state index contributed by atoms with van der Waals surface area (Å²) in [5, 5.41) is 16.7. The van der Waals surface area contributed by atoms with E-state index < -0.39 is 4.92 Å². The first kappa shape index (κ1) is 17.9. The zero-order chi connectivity index (χ0) is 19.5. The molecule has 0 bridgehead atoms. The molecule has 0 aliphatic carbocycles. The van der Waals surface area contributed by atoms with Crippen LogP contribution in [0.25, 0.3) is 6.08 Å². The first-order valence-electron chi connectivity index (χ1n) is 8.91. The van der Waals surface area contributed by atoms with Crippen LogP contribution in [0.1, 0.15) is 5.56 Å². The predicted octanol–water partition coefficient (Wildman–Crippen LogP) is 2.67. The second kappa shape index (κ2) is 7.61. The van der Waals surface area contributed by atoms with Crippen LogP contribution in [0.2, 0.25) is 0 Å². The highest BCUT2D eigenvalue weighted by atomic mass is 16.6. The maximum Gasteiger partial charge on any atom is 0.282 e. The van der Waals surface area contributed by atoms with E-state index in [0.717, 1.165) is 5.56 Å². The van der Waals surface area contributed by atoms with Crippen molar-refractivity contribution in [2.24, 2.45) is 5.10 Å². The second-order valence-electron chi connectivity index (χ2n) is 6.38. The molecule has 8 heteroatoms. The molecule has 1 saturated heterocycles. The highest BCUT2D eigenvalue weighted by Gasteiger charge is 2.35. The quantitative estimate of drug-likeness (QED) is 0.465. The molecule has 2 aromatic rings. The van der Waals surface area contributed by atoms with Crippen LogP contribution in [0.15, 0.2) is 65.3 Å². The number of nitro groups is 1. The first-order valence-corrected chi connectivity index (χ1v) is 8.91. The van der Waals surface area contributed by atoms with Gasteiger partial charge in [-0.1, -0.05) is 30.3 Å². The van der Waals surface area contributed by atoms with E-state index in [4.69, 9.17) is 4.74 Å². The number of nitrogens with zero attached hydrogens (tertiary/aromatic N) is 4. The Morgan fingerprint density at radius 1 is 1.04 bits per heavy atom. The summed E-state index contributed by atoms with van der Waals surface area (Å²) >= 11 is 0. The van der Waals surface area contributed by atoms with Crippen LogP contribution in [0.3, 0.4) is 0 Å². The van der Waals surface area contributed by atoms with E-state index >= 15 is 0 Å². The molecule has 0 atom stereocenters. The van der Waals surface area contributed by atoms with Gasteiger partial charge in [0.25, 0.3) is 11.6 Å². The van der Waals surface area contributed by atoms with Crippen molar-refractivity contribution < 1.29 is 14.5 Å². The number of carbonyl (C=O) groups excluding carboxylic acids is 1. The Hall–Kier alpha value is -3.52. The Morgan fingerprint density at radius 2 is 1.71 bits per heavy atom. The molecule has 1 fully saturated rings. The number of amides is 1. The molecular weight excluding hydrogens is 360 g/mol. The Kier molecular flexibility index (Phi) is 4.86. The summed E-state index contributed by atoms with van der Waals surface area (Å²) in [6.45, 7) is 2.44. The Labute approximate surface area is 161 Å². The zero-order valence-corrected chi connectivity index (χ0v) is 15.0. The van der Waals surface area contributed by atoms with E-state index in [0.29, 0.717) is 43.4 Å². The van der Waals surface area contributed by atoms with Gasteiger partial charge in [-0.05, 0) is 23.8 Å². The predicted molar refractivity (Wildman–Crippen MR) is 105 cm³/mol. The van der Waals surface area contributed by atoms with Gasteiger partial charge in [-0.15, -0.1) is 5.10 Å². The van der Waals surface area contributed by atoms with Crippen LogP contribution in [0.5, 0.6) is 0 Å². The largest absolute Gasteiger partial charge is 0.378 e. The minimum Gasteiger partial charge on any atom is -0.378 e. The van der Waals surface area contributed by atoms with Crippen LogP contribution in [0, 0.1) is 10.1 Å². The molecule has 0 N–H and O–H groups in total. The lowest BCUT2D eigenvalue weighted by Gasteiger charge is -2.28. The third-order valence-electron chi connectivity index (χ3n) is 4.58. The average Bonchev–Trinajstić information content (AvgIpc) is 3.06. The zero-order valence-electron chi connectivity index (χ0n) is 15.0. The molecule has 0 spiro atoms. The normalized spacial score (nSPS) is 18.5. The summed E-state index contributed by atoms with van der Waals surface area (Å²) in [4.78, 5) is 25.6. The van der Waals surface area contributed by atoms with Gasteiger partial charge in [0.1, 0.15) is 0 Å². The molecule has 4 rings (SSSR count). The Bertz CT molecular complexity index is 948. The monoisotopic (exact) mass is 378 g/mol. The molecule has 142 valence electrons. The van der Waals surface area contributed by atoms with E-state index in [-0.39, 0.29) is 11.6 Å². The first-order chi connectivity index (χ1) is 13.6. The number of hydrogen-bond donors (Lipinski definition) is 0. The number of hydrazone groups is 1. The standard InChI is InChI=1S/C20H18N4O4/c25-20-18(14-15-4-2-1-3-5-15)19(22-10-12-28-13-11-22)21-23(20)16-6-8-17(9-7-16)24(26)27/h1-9,14H,10-13H2. The molecule has 8 nitrogen and oxygen atoms in total. The van der Waals surface area contributed by atoms with E-state index in [9.17, 15) is 14.9 Å². The van der Waals surface area contributed by atoms with E-state index in [2.05, 4.69) is 5.10 Å². The number of non-ortho nitro benzene ring substituents is 1. The van der Waals surface area contributed by atoms with Gasteiger partial charge < -0.3 is 9.64 Å². The van der Waals surface area contributed by atoms with Gasteiger partial charge in [-0.25, -0.2) is 0 Å². The van der Waals surface area contributed by atoms with Crippen molar-refractivity contribution in [3.63, 3.8) is 0 Å². The summed E-state index contributed by atoms with van der Waals surface area (Å²) < 4.78 is 5.41. The lowest BCUT2D eigenvalue weighted by molar-refractivity contribution is -0.384. The summed E-state index contributed by atoms with van der Waals surface area (Å²) in [6.07, 6.45) is 1.82. The van der Waals surface area contributed by atoms with Gasteiger partial charge in [0.2, 0.25) is 0 Å². The summed E-state index contributed by atoms with van der Waals surface area (Å²) in [5.41, 5.74) is 1.84. The topological polar surface area (TPSA) is 88.3 Å². The number of anilines is 1. The van der Waals surface area contributed by atoms with Crippen LogP contribution < -0.4 is 5.01 Å². The number of carbonyl (C=O) groups is 1. The lowest BCUT2D eigenvalue weighted by Crippen LogP contribution is -2.41. The number of rotatable bonds is 3. The Morgan fingerprint density at radius 3 is 2.36 bits per heavy atom. The fraction of sp³-hybridized carbons (Fsp3) is 0.200. The summed E-state index contributed by atoms with van der Waals surface area (Å²) in [6, 6.07) is 15.4. The average molecular weight is 378 g/mol. The number of hydrogen-bond acceptors (Lipinski definition) is 6. The smallest absolute Gasteiger partial charge is 0.282 e. The van der Waals surface area contributed by atoms with Crippen LogP contribution in [-0.4, -0.2) is 47.9 Å². The van der Waals surface area contributed by atoms with Gasteiger partial charge in [0.05, 0.1) is 29.4 Å². The maximum absolute atomic E-state index is 13.1. The lowest BCUT2D eigenvalue weighted by atomic mass is 10.1. The number of benzene rings is 2. The van der Waals surface area contributed by atoms with Crippen molar-refractivity contribution in [1.29, 1.82) is 0 Å². The highest BCUT2D eigenvalue weighted by molar-refractivity contribution is 6.32. The van der Waals surface area contributed by atoms with E-state index in [1.54, 1.807) is 0 Å². The third kappa shape index (κ3) is 3.49. The molecule has 0 aromatic heterocycles. The molecule has 2 aromatic carbocycles. The second-order valence-corrected chi connectivity index (χ2v) is 6.38. The van der Waals surface area contributed by atoms with Crippen LogP contribution in [-0.2, 0) is 9.53 Å². The van der Waals surface area contributed by atoms with E-state index in [1.165, 1.54) is 29.3 Å². The summed E-state index contributed by atoms with van der Waals surface area (Å²) in [5.74, 6) is 0.328. The van der Waals surface area contributed by atoms with Crippen molar-refractivity contribution in [3.8, 4) is 0 Å². The SMILES string of the molecule is O=C1C(=Cc2ccccc2)C(N2CCOCC2)=NN1c1ccc([N+](=O)[O-])cc1. The molecule has 0 radical (unpaired) electrons. The molecule has 1 amide bonds. The van der Waals surface area contributed by atoms with Gasteiger partial charge in [0, 0.05) is 25.2 Å². The molecule has 2 heterocycles. The molecule has 0 unspecified atom stereocenters. The third-order valence-corrected chi connectivity index (χ3v) is 4.58. The maximum atomic E-state index is 13.1. The van der Waals surface area contributed by atoms with Gasteiger partial charge in [0.15, 0.2) is 5.84 Å². The summed E-state index contributed by atoms with van der Waals surface area (Å²) in [7, 11) is 0. The molecule has 28 heavy (non-hydrogen) atoms. The van der Waals surface area contributed by atoms with Crippen molar-refractivity contribution in [3.05, 3.63) is 75.8 Å². The van der Waals surface area contributed by atoms with Crippen LogP contribution >= 0.6 is 0 Å². The van der Waals surface area contributed by atoms with Gasteiger partial charge in [-0.3, -0.25) is 14.9 Å². The number of ether oxygens (including phenoxy) is 1. The number of amidine groups is 1. The van der Waals surface area contributed by atoms with Crippen molar-refractivity contribution in [2.75, 3.05) is 31.3 Å². The van der Waals surface area contributed by atoms with Gasteiger partial charge >= 0.3 is 0 Å². The fourth-order valence-corrected chi connectivity index (χ4v) is 3.15. The van der Waals surface area contributed by atoms with E-state index in [1.807, 2.05) is 41.3 Å². The molecule has 0 saturated carbocycles. The molecule has 2 aliphatic heterocycles. The highest BCUT2D eigenvalue weighted by Crippen LogP contribution is 2.28. The fourth-order valence-electron chi connectivity index (χ4n) is 3.15. The minimum atomic E-state index is -0.473. The number of morpholine rings is 1. The Balaban J connectivity index is 1.71. The minimum absolute atomic E-state index is 0.0344. The number of nitro benzene ring substituents is 1. The molecular formula is C20H18N4O4. The van der Waals surface area contributed by atoms with Crippen LogP contribution in [0.4, 0.5) is 11.4 Å². The van der Waals surface area contributed by atoms with Crippen molar-refractivity contribution >= 4 is 29.2 Å². The van der Waals surface area contributed by atoms with Gasteiger partial charge in [-0.2, -0.15) is 5.01 Å². The van der Waals surface area contributed by atoms with Crippen molar-refractivity contribution in [1.82, 2.24) is 4.90 Å².